The van der Waals surface area contributed by atoms with Crippen LogP contribution in [-0.2, 0) is 6.42 Å². The third-order valence-electron chi connectivity index (χ3n) is 3.17. The van der Waals surface area contributed by atoms with E-state index in [0.29, 0.717) is 6.04 Å². The largest absolute Gasteiger partial charge is 0.314 e. The number of rotatable bonds is 6. The van der Waals surface area contributed by atoms with Crippen LogP contribution in [0.4, 0.5) is 4.39 Å². The van der Waals surface area contributed by atoms with Gasteiger partial charge >= 0.3 is 0 Å². The van der Waals surface area contributed by atoms with Crippen molar-refractivity contribution in [3.05, 3.63) is 35.6 Å². The van der Waals surface area contributed by atoms with Crippen LogP contribution in [0.3, 0.4) is 0 Å². The van der Waals surface area contributed by atoms with Gasteiger partial charge in [0.15, 0.2) is 0 Å². The van der Waals surface area contributed by atoms with Crippen LogP contribution in [0.15, 0.2) is 24.3 Å². The lowest BCUT2D eigenvalue weighted by atomic mass is 10.1. The van der Waals surface area contributed by atoms with E-state index in [1.807, 2.05) is 6.07 Å². The summed E-state index contributed by atoms with van der Waals surface area (Å²) in [5.74, 6) is 0.844. The van der Waals surface area contributed by atoms with Crippen LogP contribution in [0.2, 0.25) is 0 Å². The second-order valence-corrected chi connectivity index (χ2v) is 4.92. The fraction of sp³-hybridized carbons (Fsp3) is 0.571. The van der Waals surface area contributed by atoms with Crippen molar-refractivity contribution >= 4 is 0 Å². The van der Waals surface area contributed by atoms with Crippen LogP contribution in [0.5, 0.6) is 0 Å². The summed E-state index contributed by atoms with van der Waals surface area (Å²) in [6, 6.07) is 7.32. The Morgan fingerprint density at radius 1 is 1.44 bits per heavy atom. The summed E-state index contributed by atoms with van der Waals surface area (Å²) in [5.41, 5.74) is 1.08. The number of hydrogen-bond acceptors (Lipinski definition) is 1. The summed E-state index contributed by atoms with van der Waals surface area (Å²) in [5, 5.41) is 3.50. The minimum Gasteiger partial charge on any atom is -0.314 e. The predicted molar refractivity (Wildman–Crippen MR) is 64.9 cm³/mol. The van der Waals surface area contributed by atoms with E-state index in [1.165, 1.54) is 25.3 Å². The van der Waals surface area contributed by atoms with Crippen LogP contribution in [0, 0.1) is 11.7 Å². The second kappa shape index (κ2) is 5.44. The molecule has 1 atom stereocenters. The van der Waals surface area contributed by atoms with Gasteiger partial charge in [0.05, 0.1) is 0 Å². The minimum atomic E-state index is -0.136. The van der Waals surface area contributed by atoms with Crippen molar-refractivity contribution in [2.45, 2.75) is 38.6 Å². The van der Waals surface area contributed by atoms with Crippen molar-refractivity contribution in [1.82, 2.24) is 5.32 Å². The summed E-state index contributed by atoms with van der Waals surface area (Å²) in [4.78, 5) is 0. The molecule has 0 bridgehead atoms. The first-order chi connectivity index (χ1) is 7.74. The monoisotopic (exact) mass is 221 g/mol. The van der Waals surface area contributed by atoms with Gasteiger partial charge in [-0.25, -0.2) is 4.39 Å². The van der Waals surface area contributed by atoms with Crippen LogP contribution >= 0.6 is 0 Å². The summed E-state index contributed by atoms with van der Waals surface area (Å²) >= 11 is 0. The number of benzene rings is 1. The Labute approximate surface area is 97.1 Å². The summed E-state index contributed by atoms with van der Waals surface area (Å²) < 4.78 is 13.0. The van der Waals surface area contributed by atoms with Gasteiger partial charge in [-0.1, -0.05) is 25.0 Å². The van der Waals surface area contributed by atoms with Gasteiger partial charge < -0.3 is 5.32 Å². The molecule has 2 rings (SSSR count). The predicted octanol–water partition coefficient (Wildman–Crippen LogP) is 3.15. The van der Waals surface area contributed by atoms with E-state index in [1.54, 1.807) is 12.1 Å². The topological polar surface area (TPSA) is 12.0 Å². The summed E-state index contributed by atoms with van der Waals surface area (Å²) in [7, 11) is 0. The maximum atomic E-state index is 13.0. The highest BCUT2D eigenvalue weighted by atomic mass is 19.1. The zero-order chi connectivity index (χ0) is 11.4. The molecule has 0 saturated heterocycles. The van der Waals surface area contributed by atoms with E-state index in [9.17, 15) is 4.39 Å². The molecular formula is C14H20FN. The lowest BCUT2D eigenvalue weighted by Gasteiger charge is -2.13. The molecule has 1 aliphatic rings. The quantitative estimate of drug-likeness (QED) is 0.778. The maximum Gasteiger partial charge on any atom is 0.123 e. The van der Waals surface area contributed by atoms with Crippen LogP contribution < -0.4 is 5.32 Å². The Kier molecular flexibility index (Phi) is 3.94. The van der Waals surface area contributed by atoms with Crippen molar-refractivity contribution in [1.29, 1.82) is 0 Å². The van der Waals surface area contributed by atoms with Gasteiger partial charge in [-0.05, 0) is 49.9 Å². The maximum absolute atomic E-state index is 13.0. The Bertz CT molecular complexity index is 333. The van der Waals surface area contributed by atoms with E-state index in [2.05, 4.69) is 12.2 Å². The van der Waals surface area contributed by atoms with Crippen molar-refractivity contribution in [3.8, 4) is 0 Å². The second-order valence-electron chi connectivity index (χ2n) is 4.92. The highest BCUT2D eigenvalue weighted by Crippen LogP contribution is 2.31. The molecule has 1 aliphatic carbocycles. The standard InChI is InChI=1S/C14H20FN/c1-11(16-8-7-12-5-6-12)9-13-3-2-4-14(15)10-13/h2-4,10-12,16H,5-9H2,1H3. The molecule has 1 aromatic rings. The zero-order valence-electron chi connectivity index (χ0n) is 9.88. The van der Waals surface area contributed by atoms with Gasteiger partial charge in [-0.2, -0.15) is 0 Å². The molecule has 1 saturated carbocycles. The van der Waals surface area contributed by atoms with Crippen LogP contribution in [-0.4, -0.2) is 12.6 Å². The molecule has 0 radical (unpaired) electrons. The Balaban J connectivity index is 1.70. The van der Waals surface area contributed by atoms with E-state index in [4.69, 9.17) is 0 Å². The highest BCUT2D eigenvalue weighted by Gasteiger charge is 2.20. The molecule has 0 heterocycles. The van der Waals surface area contributed by atoms with E-state index >= 15 is 0 Å². The SMILES string of the molecule is CC(Cc1cccc(F)c1)NCCC1CC1. The summed E-state index contributed by atoms with van der Waals surface area (Å²) in [6.07, 6.45) is 5.04. The molecule has 88 valence electrons. The average Bonchev–Trinajstić information content (AvgIpc) is 3.01. The van der Waals surface area contributed by atoms with Crippen molar-refractivity contribution < 1.29 is 4.39 Å². The fourth-order valence-electron chi connectivity index (χ4n) is 2.03. The first-order valence-electron chi connectivity index (χ1n) is 6.22. The van der Waals surface area contributed by atoms with Gasteiger partial charge in [0.25, 0.3) is 0 Å². The first-order valence-corrected chi connectivity index (χ1v) is 6.22. The van der Waals surface area contributed by atoms with E-state index in [-0.39, 0.29) is 5.82 Å². The molecule has 2 heteroatoms. The minimum absolute atomic E-state index is 0.136. The van der Waals surface area contributed by atoms with E-state index < -0.39 is 0 Å². The molecular weight excluding hydrogens is 201 g/mol. The van der Waals surface area contributed by atoms with Crippen molar-refractivity contribution in [2.75, 3.05) is 6.54 Å². The van der Waals surface area contributed by atoms with E-state index in [0.717, 1.165) is 24.4 Å². The molecule has 1 aromatic carbocycles. The van der Waals surface area contributed by atoms with Crippen LogP contribution in [0.1, 0.15) is 31.7 Å². The van der Waals surface area contributed by atoms with Gasteiger partial charge in [0, 0.05) is 6.04 Å². The van der Waals surface area contributed by atoms with Gasteiger partial charge in [0.2, 0.25) is 0 Å². The fourth-order valence-corrected chi connectivity index (χ4v) is 2.03. The molecule has 1 fully saturated rings. The zero-order valence-corrected chi connectivity index (χ0v) is 9.88. The average molecular weight is 221 g/mol. The lowest BCUT2D eigenvalue weighted by molar-refractivity contribution is 0.518. The molecule has 0 amide bonds. The number of halogens is 1. The molecule has 1 nitrogen and oxygen atoms in total. The third-order valence-corrected chi connectivity index (χ3v) is 3.17. The number of nitrogens with one attached hydrogen (secondary N) is 1. The van der Waals surface area contributed by atoms with Gasteiger partial charge in [0.1, 0.15) is 5.82 Å². The van der Waals surface area contributed by atoms with Crippen molar-refractivity contribution in [3.63, 3.8) is 0 Å². The Hall–Kier alpha value is -0.890. The summed E-state index contributed by atoms with van der Waals surface area (Å²) in [6.45, 7) is 3.26. The molecule has 16 heavy (non-hydrogen) atoms. The molecule has 0 aliphatic heterocycles. The molecule has 0 aromatic heterocycles. The smallest absolute Gasteiger partial charge is 0.123 e. The number of hydrogen-bond donors (Lipinski definition) is 1. The van der Waals surface area contributed by atoms with Crippen LogP contribution in [0.25, 0.3) is 0 Å². The highest BCUT2D eigenvalue weighted by molar-refractivity contribution is 5.17. The molecule has 1 unspecified atom stereocenters. The molecule has 1 N–H and O–H groups in total. The third kappa shape index (κ3) is 3.93. The first kappa shape index (κ1) is 11.6. The normalized spacial score (nSPS) is 17.4. The lowest BCUT2D eigenvalue weighted by Crippen LogP contribution is -2.29. The Morgan fingerprint density at radius 3 is 2.94 bits per heavy atom. The Morgan fingerprint density at radius 2 is 2.25 bits per heavy atom. The van der Waals surface area contributed by atoms with Crippen molar-refractivity contribution in [2.24, 2.45) is 5.92 Å². The van der Waals surface area contributed by atoms with Gasteiger partial charge in [-0.3, -0.25) is 0 Å². The van der Waals surface area contributed by atoms with Gasteiger partial charge in [-0.15, -0.1) is 0 Å². The molecule has 0 spiro atoms.